The van der Waals surface area contributed by atoms with E-state index in [1.54, 1.807) is 0 Å². The molecule has 0 aliphatic carbocycles. The van der Waals surface area contributed by atoms with Gasteiger partial charge in [0.2, 0.25) is 0 Å². The van der Waals surface area contributed by atoms with Crippen LogP contribution in [0, 0.1) is 0 Å². The van der Waals surface area contributed by atoms with Gasteiger partial charge in [0.15, 0.2) is 6.10 Å². The fraction of sp³-hybridized carbons (Fsp3) is 0.444. The number of benzene rings is 3. The molecule has 0 bridgehead atoms. The second-order valence-electron chi connectivity index (χ2n) is 9.02. The van der Waals surface area contributed by atoms with Crippen LogP contribution in [-0.4, -0.2) is 17.7 Å². The second-order valence-corrected chi connectivity index (χ2v) is 9.02. The smallest absolute Gasteiger partial charge is 0.347 e. The molecule has 0 fully saturated rings. The molecular weight excluding hydrogens is 372 g/mol. The topological polar surface area (TPSA) is 35.5 Å². The van der Waals surface area contributed by atoms with Crippen LogP contribution in [0.5, 0.6) is 5.75 Å². The molecule has 0 aliphatic heterocycles. The van der Waals surface area contributed by atoms with Crippen LogP contribution < -0.4 is 4.74 Å². The van der Waals surface area contributed by atoms with Gasteiger partial charge in [-0.2, -0.15) is 0 Å². The number of hydrogen-bond acceptors (Lipinski definition) is 3. The summed E-state index contributed by atoms with van der Waals surface area (Å²) in [6.45, 7) is 7.89. The Balaban J connectivity index is 1.85. The van der Waals surface area contributed by atoms with E-state index in [0.717, 1.165) is 34.7 Å². The minimum absolute atomic E-state index is 0.282. The Hall–Kier alpha value is -2.55. The zero-order valence-electron chi connectivity index (χ0n) is 18.7. The minimum atomic E-state index is -0.595. The Morgan fingerprint density at radius 3 is 2.23 bits per heavy atom. The number of unbranched alkanes of at least 4 members (excludes halogenated alkanes) is 4. The summed E-state index contributed by atoms with van der Waals surface area (Å²) in [6, 6.07) is 18.6. The predicted molar refractivity (Wildman–Crippen MR) is 125 cm³/mol. The molecule has 3 nitrogen and oxygen atoms in total. The monoisotopic (exact) mass is 406 g/mol. The van der Waals surface area contributed by atoms with Gasteiger partial charge < -0.3 is 9.47 Å². The summed E-state index contributed by atoms with van der Waals surface area (Å²) >= 11 is 0. The number of ether oxygens (including phenoxy) is 2. The highest BCUT2D eigenvalue weighted by atomic mass is 16.6. The van der Waals surface area contributed by atoms with Crippen molar-refractivity contribution in [2.75, 3.05) is 0 Å². The summed E-state index contributed by atoms with van der Waals surface area (Å²) < 4.78 is 12.0. The molecule has 0 aromatic heterocycles. The lowest BCUT2D eigenvalue weighted by molar-refractivity contribution is -0.163. The number of carbonyl (C=O) groups excluding carboxylic acids is 1. The highest BCUT2D eigenvalue weighted by Crippen LogP contribution is 2.31. The quantitative estimate of drug-likeness (QED) is 0.210. The molecule has 0 heterocycles. The van der Waals surface area contributed by atoms with Gasteiger partial charge in [-0.15, -0.1) is 0 Å². The molecule has 3 rings (SSSR count). The molecule has 0 saturated heterocycles. The minimum Gasteiger partial charge on any atom is -0.478 e. The van der Waals surface area contributed by atoms with Crippen LogP contribution in [0.2, 0.25) is 0 Å². The summed E-state index contributed by atoms with van der Waals surface area (Å²) in [5.41, 5.74) is -0.532. The van der Waals surface area contributed by atoms with Crippen molar-refractivity contribution >= 4 is 27.5 Å². The van der Waals surface area contributed by atoms with E-state index in [4.69, 9.17) is 9.47 Å². The lowest BCUT2D eigenvalue weighted by atomic mass is 10.0. The van der Waals surface area contributed by atoms with Crippen molar-refractivity contribution in [2.24, 2.45) is 0 Å². The molecule has 3 aromatic carbocycles. The van der Waals surface area contributed by atoms with Gasteiger partial charge in [-0.3, -0.25) is 0 Å². The first-order valence-electron chi connectivity index (χ1n) is 11.2. The van der Waals surface area contributed by atoms with Gasteiger partial charge in [0, 0.05) is 5.39 Å². The Bertz CT molecular complexity index is 984. The molecule has 0 radical (unpaired) electrons. The van der Waals surface area contributed by atoms with Crippen LogP contribution in [-0.2, 0) is 9.53 Å². The van der Waals surface area contributed by atoms with Crippen LogP contribution in [0.25, 0.3) is 21.5 Å². The first kappa shape index (κ1) is 22.1. The Morgan fingerprint density at radius 2 is 1.53 bits per heavy atom. The molecule has 0 spiro atoms. The standard InChI is InChI=1S/C27H34O3/c1-5-6-7-8-9-16-25(26(28)30-27(2,3)4)29-24-17-12-15-22-18-20-13-10-11-14-21(20)19-23(22)24/h10-15,17-19,25H,5-9,16H2,1-4H3. The molecule has 3 aromatic rings. The van der Waals surface area contributed by atoms with Crippen LogP contribution in [0.1, 0.15) is 66.2 Å². The number of hydrogen-bond donors (Lipinski definition) is 0. The summed E-state index contributed by atoms with van der Waals surface area (Å²) in [4.78, 5) is 12.9. The Labute approximate surface area is 180 Å². The third kappa shape index (κ3) is 5.98. The third-order valence-electron chi connectivity index (χ3n) is 5.22. The Morgan fingerprint density at radius 1 is 0.867 bits per heavy atom. The largest absolute Gasteiger partial charge is 0.478 e. The molecule has 0 amide bonds. The van der Waals surface area contributed by atoms with E-state index in [2.05, 4.69) is 37.3 Å². The van der Waals surface area contributed by atoms with E-state index >= 15 is 0 Å². The lowest BCUT2D eigenvalue weighted by Gasteiger charge is -2.25. The fourth-order valence-corrected chi connectivity index (χ4v) is 3.72. The van der Waals surface area contributed by atoms with Crippen LogP contribution in [0.3, 0.4) is 0 Å². The van der Waals surface area contributed by atoms with Crippen molar-refractivity contribution in [3.8, 4) is 5.75 Å². The van der Waals surface area contributed by atoms with Gasteiger partial charge in [0.25, 0.3) is 0 Å². The zero-order valence-corrected chi connectivity index (χ0v) is 18.7. The van der Waals surface area contributed by atoms with E-state index < -0.39 is 11.7 Å². The number of rotatable bonds is 9. The summed E-state index contributed by atoms with van der Waals surface area (Å²) in [6.07, 6.45) is 5.77. The van der Waals surface area contributed by atoms with Gasteiger partial charge in [-0.1, -0.05) is 69.0 Å². The highest BCUT2D eigenvalue weighted by molar-refractivity contribution is 6.01. The molecule has 3 heteroatoms. The normalized spacial score (nSPS) is 12.8. The van der Waals surface area contributed by atoms with E-state index in [-0.39, 0.29) is 5.97 Å². The van der Waals surface area contributed by atoms with Crippen molar-refractivity contribution in [2.45, 2.75) is 77.9 Å². The fourth-order valence-electron chi connectivity index (χ4n) is 3.72. The van der Waals surface area contributed by atoms with E-state index in [1.807, 2.05) is 45.0 Å². The molecule has 1 unspecified atom stereocenters. The third-order valence-corrected chi connectivity index (χ3v) is 5.22. The molecular formula is C27H34O3. The average molecular weight is 407 g/mol. The van der Waals surface area contributed by atoms with Crippen LogP contribution in [0.15, 0.2) is 54.6 Å². The zero-order chi connectivity index (χ0) is 21.6. The SMILES string of the molecule is CCCCCCCC(Oc1cccc2cc3ccccc3cc12)C(=O)OC(C)(C)C. The first-order chi connectivity index (χ1) is 14.4. The maximum absolute atomic E-state index is 12.9. The Kier molecular flexibility index (Phi) is 7.36. The van der Waals surface area contributed by atoms with E-state index in [1.165, 1.54) is 24.6 Å². The maximum atomic E-state index is 12.9. The van der Waals surface area contributed by atoms with Crippen molar-refractivity contribution < 1.29 is 14.3 Å². The molecule has 0 aliphatic rings. The predicted octanol–water partition coefficient (Wildman–Crippen LogP) is 7.44. The number of esters is 1. The summed E-state index contributed by atoms with van der Waals surface area (Å²) in [7, 11) is 0. The first-order valence-corrected chi connectivity index (χ1v) is 11.2. The lowest BCUT2D eigenvalue weighted by Crippen LogP contribution is -2.35. The van der Waals surface area contributed by atoms with Gasteiger partial charge in [0.05, 0.1) is 0 Å². The summed E-state index contributed by atoms with van der Waals surface area (Å²) in [5.74, 6) is 0.457. The van der Waals surface area contributed by atoms with Crippen molar-refractivity contribution in [3.63, 3.8) is 0 Å². The highest BCUT2D eigenvalue weighted by Gasteiger charge is 2.27. The average Bonchev–Trinajstić information content (AvgIpc) is 2.70. The van der Waals surface area contributed by atoms with E-state index in [0.29, 0.717) is 6.42 Å². The molecule has 1 atom stereocenters. The van der Waals surface area contributed by atoms with Gasteiger partial charge in [0.1, 0.15) is 11.4 Å². The van der Waals surface area contributed by atoms with Crippen molar-refractivity contribution in [3.05, 3.63) is 54.6 Å². The second kappa shape index (κ2) is 9.97. The molecule has 160 valence electrons. The van der Waals surface area contributed by atoms with Crippen molar-refractivity contribution in [1.82, 2.24) is 0 Å². The molecule has 30 heavy (non-hydrogen) atoms. The van der Waals surface area contributed by atoms with Crippen LogP contribution in [0.4, 0.5) is 0 Å². The maximum Gasteiger partial charge on any atom is 0.347 e. The van der Waals surface area contributed by atoms with Gasteiger partial charge in [-0.25, -0.2) is 4.79 Å². The van der Waals surface area contributed by atoms with Crippen LogP contribution >= 0.6 is 0 Å². The van der Waals surface area contributed by atoms with Gasteiger partial charge >= 0.3 is 5.97 Å². The summed E-state index contributed by atoms with van der Waals surface area (Å²) in [5, 5.41) is 4.49. The van der Waals surface area contributed by atoms with Crippen molar-refractivity contribution in [1.29, 1.82) is 0 Å². The van der Waals surface area contributed by atoms with Gasteiger partial charge in [-0.05, 0) is 68.0 Å². The van der Waals surface area contributed by atoms with E-state index in [9.17, 15) is 4.79 Å². The number of carbonyl (C=O) groups is 1. The molecule has 0 N–H and O–H groups in total. The number of fused-ring (bicyclic) bond motifs is 2. The molecule has 0 saturated carbocycles.